The van der Waals surface area contributed by atoms with Gasteiger partial charge in [-0.1, -0.05) is 60.6 Å². The van der Waals surface area contributed by atoms with Crippen LogP contribution in [0.25, 0.3) is 5.57 Å². The Bertz CT molecular complexity index is 855. The summed E-state index contributed by atoms with van der Waals surface area (Å²) >= 11 is 0. The lowest BCUT2D eigenvalue weighted by molar-refractivity contribution is 0.0696. The third kappa shape index (κ3) is 4.28. The van der Waals surface area contributed by atoms with Gasteiger partial charge in [-0.15, -0.1) is 6.42 Å². The van der Waals surface area contributed by atoms with Crippen molar-refractivity contribution in [1.29, 1.82) is 0 Å². The van der Waals surface area contributed by atoms with Crippen LogP contribution in [0.2, 0.25) is 0 Å². The van der Waals surface area contributed by atoms with Crippen LogP contribution in [0.3, 0.4) is 0 Å². The largest absolute Gasteiger partial charge is 0.478 e. The Balaban J connectivity index is 2.56. The molecule has 1 unspecified atom stereocenters. The standard InChI is InChI=1S/C23H22O2/c1-5-7-9-18(8-6-2)22-14-16(3)10-13-20(22)19-12-11-17(4)21(15-19)23(24)25/h1,6-13,15,22H,2,14H2,3-4H3,(H,24,25)/b9-7-,18-8+. The van der Waals surface area contributed by atoms with Crippen LogP contribution in [0.4, 0.5) is 0 Å². The van der Waals surface area contributed by atoms with Gasteiger partial charge in [0.15, 0.2) is 0 Å². The first kappa shape index (κ1) is 18.3. The lowest BCUT2D eigenvalue weighted by Crippen LogP contribution is -2.11. The van der Waals surface area contributed by atoms with E-state index in [-0.39, 0.29) is 5.92 Å². The quantitative estimate of drug-likeness (QED) is 0.584. The summed E-state index contributed by atoms with van der Waals surface area (Å²) in [7, 11) is 0. The highest BCUT2D eigenvalue weighted by Gasteiger charge is 2.22. The SMILES string of the molecule is C#C/C=C\C(=C/C=C)C1CC(C)=CC=C1c1ccc(C)c(C(=O)O)c1. The minimum Gasteiger partial charge on any atom is -0.478 e. The van der Waals surface area contributed by atoms with Gasteiger partial charge >= 0.3 is 5.97 Å². The first-order valence-corrected chi connectivity index (χ1v) is 8.15. The minimum absolute atomic E-state index is 0.108. The van der Waals surface area contributed by atoms with Gasteiger partial charge in [0.05, 0.1) is 5.56 Å². The minimum atomic E-state index is -0.909. The molecule has 1 aliphatic rings. The normalized spacial score (nSPS) is 17.6. The van der Waals surface area contributed by atoms with Gasteiger partial charge in [0.1, 0.15) is 0 Å². The number of hydrogen-bond acceptors (Lipinski definition) is 1. The highest BCUT2D eigenvalue weighted by Crippen LogP contribution is 2.38. The molecule has 2 heteroatoms. The fourth-order valence-corrected chi connectivity index (χ4v) is 3.04. The number of allylic oxidation sites excluding steroid dienone is 9. The molecule has 1 N–H and O–H groups in total. The summed E-state index contributed by atoms with van der Waals surface area (Å²) in [4.78, 5) is 11.5. The molecule has 0 fully saturated rings. The van der Waals surface area contributed by atoms with E-state index < -0.39 is 5.97 Å². The highest BCUT2D eigenvalue weighted by atomic mass is 16.4. The zero-order chi connectivity index (χ0) is 18.4. The molecule has 126 valence electrons. The molecule has 0 amide bonds. The maximum Gasteiger partial charge on any atom is 0.335 e. The van der Waals surface area contributed by atoms with Gasteiger partial charge in [0.2, 0.25) is 0 Å². The molecule has 0 aliphatic heterocycles. The number of carbonyl (C=O) groups is 1. The molecule has 2 nitrogen and oxygen atoms in total. The number of benzene rings is 1. The van der Waals surface area contributed by atoms with Crippen LogP contribution in [-0.2, 0) is 0 Å². The molecule has 2 rings (SSSR count). The second kappa shape index (κ2) is 8.17. The predicted octanol–water partition coefficient (Wildman–Crippen LogP) is 5.34. The number of hydrogen-bond donors (Lipinski definition) is 1. The van der Waals surface area contributed by atoms with E-state index in [9.17, 15) is 9.90 Å². The van der Waals surface area contributed by atoms with Crippen molar-refractivity contribution >= 4 is 11.5 Å². The molecule has 1 aromatic carbocycles. The Labute approximate surface area is 149 Å². The molecule has 1 aliphatic carbocycles. The lowest BCUT2D eigenvalue weighted by Gasteiger charge is -2.26. The summed E-state index contributed by atoms with van der Waals surface area (Å²) < 4.78 is 0. The molecular formula is C23H22O2. The van der Waals surface area contributed by atoms with Gasteiger partial charge in [-0.25, -0.2) is 4.79 Å². The van der Waals surface area contributed by atoms with Crippen molar-refractivity contribution < 1.29 is 9.90 Å². The van der Waals surface area contributed by atoms with Crippen molar-refractivity contribution in [2.75, 3.05) is 0 Å². The number of aryl methyl sites for hydroxylation is 1. The first-order valence-electron chi connectivity index (χ1n) is 8.15. The van der Waals surface area contributed by atoms with Gasteiger partial charge in [-0.2, -0.15) is 0 Å². The summed E-state index contributed by atoms with van der Waals surface area (Å²) in [6.07, 6.45) is 17.7. The fraction of sp³-hybridized carbons (Fsp3) is 0.174. The monoisotopic (exact) mass is 330 g/mol. The summed E-state index contributed by atoms with van der Waals surface area (Å²) in [6, 6.07) is 5.59. The van der Waals surface area contributed by atoms with Crippen molar-refractivity contribution in [1.82, 2.24) is 0 Å². The number of terminal acetylenes is 1. The third-order valence-electron chi connectivity index (χ3n) is 4.33. The molecule has 1 atom stereocenters. The lowest BCUT2D eigenvalue weighted by atomic mass is 9.78. The number of aromatic carboxylic acids is 1. The Morgan fingerprint density at radius 1 is 1.36 bits per heavy atom. The molecule has 0 spiro atoms. The van der Waals surface area contributed by atoms with E-state index in [0.717, 1.165) is 28.7 Å². The van der Waals surface area contributed by atoms with Gasteiger partial charge in [-0.05, 0) is 54.7 Å². The smallest absolute Gasteiger partial charge is 0.335 e. The van der Waals surface area contributed by atoms with Crippen molar-refractivity contribution in [2.45, 2.75) is 20.3 Å². The van der Waals surface area contributed by atoms with Crippen LogP contribution in [0.1, 0.15) is 34.8 Å². The number of carboxylic acid groups (broad SMARTS) is 1. The summed E-state index contributed by atoms with van der Waals surface area (Å²) in [5, 5.41) is 9.42. The van der Waals surface area contributed by atoms with Crippen LogP contribution < -0.4 is 0 Å². The highest BCUT2D eigenvalue weighted by molar-refractivity contribution is 5.91. The Hall–Kier alpha value is -3.05. The topological polar surface area (TPSA) is 37.3 Å². The fourth-order valence-electron chi connectivity index (χ4n) is 3.04. The average Bonchev–Trinajstić information content (AvgIpc) is 2.59. The molecule has 0 radical (unpaired) electrons. The van der Waals surface area contributed by atoms with E-state index in [2.05, 4.69) is 31.6 Å². The molecule has 1 aromatic rings. The molecule has 0 saturated heterocycles. The molecular weight excluding hydrogens is 308 g/mol. The Morgan fingerprint density at radius 2 is 2.12 bits per heavy atom. The van der Waals surface area contributed by atoms with Gasteiger partial charge in [-0.3, -0.25) is 0 Å². The van der Waals surface area contributed by atoms with Crippen molar-refractivity contribution in [3.8, 4) is 12.3 Å². The van der Waals surface area contributed by atoms with Crippen molar-refractivity contribution in [2.24, 2.45) is 5.92 Å². The zero-order valence-electron chi connectivity index (χ0n) is 14.6. The maximum absolute atomic E-state index is 11.5. The summed E-state index contributed by atoms with van der Waals surface area (Å²) in [5.74, 6) is 1.72. The second-order valence-corrected chi connectivity index (χ2v) is 6.13. The van der Waals surface area contributed by atoms with E-state index in [4.69, 9.17) is 6.42 Å². The van der Waals surface area contributed by atoms with Gasteiger partial charge in [0.25, 0.3) is 0 Å². The molecule has 0 saturated carbocycles. The van der Waals surface area contributed by atoms with E-state index >= 15 is 0 Å². The van der Waals surface area contributed by atoms with E-state index in [1.807, 2.05) is 31.2 Å². The number of carboxylic acids is 1. The second-order valence-electron chi connectivity index (χ2n) is 6.13. The van der Waals surface area contributed by atoms with E-state index in [1.54, 1.807) is 18.2 Å². The van der Waals surface area contributed by atoms with E-state index in [1.165, 1.54) is 5.57 Å². The zero-order valence-corrected chi connectivity index (χ0v) is 14.6. The third-order valence-corrected chi connectivity index (χ3v) is 4.33. The van der Waals surface area contributed by atoms with E-state index in [0.29, 0.717) is 5.56 Å². The van der Waals surface area contributed by atoms with Crippen molar-refractivity contribution in [3.63, 3.8) is 0 Å². The Morgan fingerprint density at radius 3 is 2.76 bits per heavy atom. The van der Waals surface area contributed by atoms with Crippen molar-refractivity contribution in [3.05, 3.63) is 89.1 Å². The van der Waals surface area contributed by atoms with Gasteiger partial charge < -0.3 is 5.11 Å². The van der Waals surface area contributed by atoms with Crippen LogP contribution in [0, 0.1) is 25.2 Å². The average molecular weight is 330 g/mol. The molecule has 0 bridgehead atoms. The molecule has 0 aromatic heterocycles. The molecule has 25 heavy (non-hydrogen) atoms. The molecule has 0 heterocycles. The Kier molecular flexibility index (Phi) is 5.98. The van der Waals surface area contributed by atoms with Crippen LogP contribution in [0.5, 0.6) is 0 Å². The van der Waals surface area contributed by atoms with Crippen LogP contribution in [-0.4, -0.2) is 11.1 Å². The predicted molar refractivity (Wildman–Crippen MR) is 104 cm³/mol. The van der Waals surface area contributed by atoms with Crippen LogP contribution >= 0.6 is 0 Å². The summed E-state index contributed by atoms with van der Waals surface area (Å²) in [5.41, 5.74) is 5.41. The van der Waals surface area contributed by atoms with Crippen LogP contribution in [0.15, 0.2) is 72.4 Å². The maximum atomic E-state index is 11.5. The first-order chi connectivity index (χ1) is 12.0. The summed E-state index contributed by atoms with van der Waals surface area (Å²) in [6.45, 7) is 7.70. The van der Waals surface area contributed by atoms with Gasteiger partial charge in [0, 0.05) is 5.92 Å². The number of rotatable bonds is 5.